The highest BCUT2D eigenvalue weighted by Crippen LogP contribution is 2.29. The van der Waals surface area contributed by atoms with Gasteiger partial charge in [-0.25, -0.2) is 9.98 Å². The predicted molar refractivity (Wildman–Crippen MR) is 97.7 cm³/mol. The van der Waals surface area contributed by atoms with Crippen molar-refractivity contribution < 1.29 is 18.0 Å². The second-order valence-corrected chi connectivity index (χ2v) is 6.23. The fourth-order valence-corrected chi connectivity index (χ4v) is 2.78. The fraction of sp³-hybridized carbons (Fsp3) is 0.375. The van der Waals surface area contributed by atoms with Gasteiger partial charge in [0.15, 0.2) is 11.7 Å². The predicted octanol–water partition coefficient (Wildman–Crippen LogP) is 2.29. The SMILES string of the molecule is CCNC(=NCC(=O)Nc1cccnc1)NCCc1nc(C(F)(F)F)cs1. The fourth-order valence-electron chi connectivity index (χ4n) is 1.97. The van der Waals surface area contributed by atoms with E-state index in [9.17, 15) is 18.0 Å². The van der Waals surface area contributed by atoms with Crippen LogP contribution in [0.4, 0.5) is 18.9 Å². The van der Waals surface area contributed by atoms with E-state index in [4.69, 9.17) is 0 Å². The molecule has 2 aromatic rings. The number of alkyl halides is 3. The first-order valence-electron chi connectivity index (χ1n) is 8.12. The molecule has 0 atom stereocenters. The molecule has 0 aliphatic rings. The van der Waals surface area contributed by atoms with Crippen molar-refractivity contribution in [3.8, 4) is 0 Å². The third-order valence-corrected chi connectivity index (χ3v) is 4.05. The minimum Gasteiger partial charge on any atom is -0.357 e. The van der Waals surface area contributed by atoms with Crippen LogP contribution in [0.25, 0.3) is 0 Å². The Labute approximate surface area is 158 Å². The molecular weight excluding hydrogens is 381 g/mol. The number of rotatable bonds is 7. The Balaban J connectivity index is 1.82. The van der Waals surface area contributed by atoms with Gasteiger partial charge in [-0.1, -0.05) is 0 Å². The third kappa shape index (κ3) is 7.21. The van der Waals surface area contributed by atoms with Crippen LogP contribution in [-0.2, 0) is 17.4 Å². The molecule has 0 bridgehead atoms. The van der Waals surface area contributed by atoms with Gasteiger partial charge in [0.05, 0.1) is 16.9 Å². The normalized spacial score (nSPS) is 11.9. The van der Waals surface area contributed by atoms with Crippen molar-refractivity contribution in [2.75, 3.05) is 25.0 Å². The van der Waals surface area contributed by atoms with E-state index < -0.39 is 11.9 Å². The van der Waals surface area contributed by atoms with E-state index in [0.717, 1.165) is 16.7 Å². The number of thiazole rings is 1. The van der Waals surface area contributed by atoms with Crippen molar-refractivity contribution in [1.29, 1.82) is 0 Å². The Morgan fingerprint density at radius 3 is 2.78 bits per heavy atom. The van der Waals surface area contributed by atoms with Crippen LogP contribution in [0.2, 0.25) is 0 Å². The zero-order chi connectivity index (χ0) is 19.7. The highest BCUT2D eigenvalue weighted by atomic mass is 32.1. The van der Waals surface area contributed by atoms with Crippen LogP contribution in [0.3, 0.4) is 0 Å². The number of anilines is 1. The van der Waals surface area contributed by atoms with E-state index in [0.29, 0.717) is 36.2 Å². The summed E-state index contributed by atoms with van der Waals surface area (Å²) in [6.45, 7) is 2.66. The van der Waals surface area contributed by atoms with E-state index in [1.807, 2.05) is 6.92 Å². The summed E-state index contributed by atoms with van der Waals surface area (Å²) in [6.07, 6.45) is -0.997. The van der Waals surface area contributed by atoms with E-state index in [-0.39, 0.29) is 12.5 Å². The summed E-state index contributed by atoms with van der Waals surface area (Å²) in [6, 6.07) is 3.41. The molecule has 0 aliphatic heterocycles. The molecule has 3 N–H and O–H groups in total. The standard InChI is InChI=1S/C16H19F3N6OS/c1-2-21-15(23-9-13(26)24-11-4-3-6-20-8-11)22-7-5-14-25-12(10-27-14)16(17,18)19/h3-4,6,8,10H,2,5,7,9H2,1H3,(H,24,26)(H2,21,22,23). The molecule has 0 saturated heterocycles. The molecule has 0 spiro atoms. The number of carbonyl (C=O) groups excluding carboxylic acids is 1. The van der Waals surface area contributed by atoms with Crippen molar-refractivity contribution in [2.24, 2.45) is 4.99 Å². The van der Waals surface area contributed by atoms with Gasteiger partial charge < -0.3 is 16.0 Å². The van der Waals surface area contributed by atoms with Crippen LogP contribution in [-0.4, -0.2) is 41.5 Å². The van der Waals surface area contributed by atoms with Gasteiger partial charge in [0.2, 0.25) is 5.91 Å². The lowest BCUT2D eigenvalue weighted by Crippen LogP contribution is -2.39. The third-order valence-electron chi connectivity index (χ3n) is 3.14. The van der Waals surface area contributed by atoms with Gasteiger partial charge in [-0.15, -0.1) is 11.3 Å². The number of hydrogen-bond donors (Lipinski definition) is 3. The summed E-state index contributed by atoms with van der Waals surface area (Å²) in [5.41, 5.74) is -0.310. The maximum atomic E-state index is 12.5. The highest BCUT2D eigenvalue weighted by molar-refractivity contribution is 7.09. The van der Waals surface area contributed by atoms with E-state index in [1.165, 1.54) is 6.20 Å². The van der Waals surface area contributed by atoms with Gasteiger partial charge >= 0.3 is 6.18 Å². The van der Waals surface area contributed by atoms with E-state index >= 15 is 0 Å². The number of halogens is 3. The van der Waals surface area contributed by atoms with Crippen LogP contribution in [0, 0.1) is 0 Å². The van der Waals surface area contributed by atoms with E-state index in [1.54, 1.807) is 18.3 Å². The van der Waals surface area contributed by atoms with Gasteiger partial charge in [0.25, 0.3) is 0 Å². The number of hydrogen-bond acceptors (Lipinski definition) is 5. The number of aromatic nitrogens is 2. The molecule has 11 heteroatoms. The molecule has 146 valence electrons. The Hall–Kier alpha value is -2.69. The molecule has 0 fully saturated rings. The van der Waals surface area contributed by atoms with E-state index in [2.05, 4.69) is 30.9 Å². The number of pyridine rings is 1. The number of nitrogens with zero attached hydrogens (tertiary/aromatic N) is 3. The quantitative estimate of drug-likeness (QED) is 0.490. The van der Waals surface area contributed by atoms with Crippen LogP contribution in [0.1, 0.15) is 17.6 Å². The van der Waals surface area contributed by atoms with Crippen LogP contribution in [0.15, 0.2) is 34.9 Å². The van der Waals surface area contributed by atoms with Crippen molar-refractivity contribution in [3.05, 3.63) is 40.6 Å². The number of aliphatic imine (C=N–C) groups is 1. The van der Waals surface area contributed by atoms with Gasteiger partial charge in [-0.3, -0.25) is 9.78 Å². The summed E-state index contributed by atoms with van der Waals surface area (Å²) in [7, 11) is 0. The maximum Gasteiger partial charge on any atom is 0.434 e. The Morgan fingerprint density at radius 1 is 1.33 bits per heavy atom. The Kier molecular flexibility index (Phi) is 7.53. The average molecular weight is 400 g/mol. The van der Waals surface area contributed by atoms with Crippen molar-refractivity contribution in [2.45, 2.75) is 19.5 Å². The smallest absolute Gasteiger partial charge is 0.357 e. The van der Waals surface area contributed by atoms with Gasteiger partial charge in [0, 0.05) is 31.1 Å². The number of carbonyl (C=O) groups is 1. The maximum absolute atomic E-state index is 12.5. The topological polar surface area (TPSA) is 91.3 Å². The lowest BCUT2D eigenvalue weighted by atomic mass is 10.4. The van der Waals surface area contributed by atoms with Gasteiger partial charge in [-0.05, 0) is 19.1 Å². The first-order chi connectivity index (χ1) is 12.9. The first kappa shape index (κ1) is 20.6. The number of guanidine groups is 1. The van der Waals surface area contributed by atoms with Crippen molar-refractivity contribution in [1.82, 2.24) is 20.6 Å². The number of amides is 1. The molecular formula is C16H19F3N6OS. The summed E-state index contributed by atoms with van der Waals surface area (Å²) in [5, 5.41) is 9.97. The molecule has 0 saturated carbocycles. The summed E-state index contributed by atoms with van der Waals surface area (Å²) >= 11 is 0.960. The molecule has 2 heterocycles. The molecule has 0 aromatic carbocycles. The van der Waals surface area contributed by atoms with Crippen LogP contribution >= 0.6 is 11.3 Å². The van der Waals surface area contributed by atoms with Gasteiger partial charge in [-0.2, -0.15) is 13.2 Å². The Bertz CT molecular complexity index is 763. The highest BCUT2D eigenvalue weighted by Gasteiger charge is 2.33. The van der Waals surface area contributed by atoms with Crippen molar-refractivity contribution in [3.63, 3.8) is 0 Å². The molecule has 0 unspecified atom stereocenters. The minimum absolute atomic E-state index is 0.111. The second kappa shape index (κ2) is 9.86. The van der Waals surface area contributed by atoms with Crippen LogP contribution < -0.4 is 16.0 Å². The Morgan fingerprint density at radius 2 is 2.15 bits per heavy atom. The molecule has 1 amide bonds. The summed E-state index contributed by atoms with van der Waals surface area (Å²) < 4.78 is 37.6. The monoisotopic (exact) mass is 400 g/mol. The molecule has 0 radical (unpaired) electrons. The molecule has 2 aromatic heterocycles. The average Bonchev–Trinajstić information content (AvgIpc) is 3.10. The zero-order valence-corrected chi connectivity index (χ0v) is 15.3. The van der Waals surface area contributed by atoms with Gasteiger partial charge in [0.1, 0.15) is 6.54 Å². The second-order valence-electron chi connectivity index (χ2n) is 5.29. The van der Waals surface area contributed by atoms with Crippen molar-refractivity contribution >= 4 is 28.9 Å². The minimum atomic E-state index is -4.43. The van der Waals surface area contributed by atoms with Crippen LogP contribution in [0.5, 0.6) is 0 Å². The summed E-state index contributed by atoms with van der Waals surface area (Å²) in [4.78, 5) is 23.5. The largest absolute Gasteiger partial charge is 0.434 e. The lowest BCUT2D eigenvalue weighted by Gasteiger charge is -2.10. The molecule has 0 aliphatic carbocycles. The molecule has 7 nitrogen and oxygen atoms in total. The molecule has 2 rings (SSSR count). The first-order valence-corrected chi connectivity index (χ1v) is 9.00. The molecule has 27 heavy (non-hydrogen) atoms. The number of nitrogens with one attached hydrogen (secondary N) is 3. The zero-order valence-electron chi connectivity index (χ0n) is 14.5. The lowest BCUT2D eigenvalue weighted by molar-refractivity contribution is -0.140. The summed E-state index contributed by atoms with van der Waals surface area (Å²) in [5.74, 6) is 0.0846.